The van der Waals surface area contributed by atoms with Gasteiger partial charge < -0.3 is 18.8 Å². The van der Waals surface area contributed by atoms with Crippen molar-refractivity contribution >= 4 is 22.7 Å². The number of fused-ring (bicyclic) bond motifs is 1. The maximum atomic E-state index is 9.33. The van der Waals surface area contributed by atoms with Gasteiger partial charge in [-0.05, 0) is 119 Å². The molecule has 3 aromatic carbocycles. The lowest BCUT2D eigenvalue weighted by molar-refractivity contribution is 0.164. The van der Waals surface area contributed by atoms with Gasteiger partial charge in [-0.2, -0.15) is 5.26 Å². The van der Waals surface area contributed by atoms with E-state index in [0.29, 0.717) is 34.9 Å². The van der Waals surface area contributed by atoms with Crippen molar-refractivity contribution in [2.45, 2.75) is 84.6 Å². The van der Waals surface area contributed by atoms with Crippen molar-refractivity contribution in [3.63, 3.8) is 0 Å². The van der Waals surface area contributed by atoms with Gasteiger partial charge in [0.25, 0.3) is 0 Å². The van der Waals surface area contributed by atoms with Crippen LogP contribution in [0.3, 0.4) is 0 Å². The number of benzene rings is 3. The first-order valence-electron chi connectivity index (χ1n) is 18.2. The number of likely N-dealkylation sites (tertiary alicyclic amines) is 2. The zero-order chi connectivity index (χ0) is 35.3. The average molecular weight is 704 g/mol. The van der Waals surface area contributed by atoms with Crippen LogP contribution in [0.2, 0.25) is 5.02 Å². The first kappa shape index (κ1) is 35.0. The van der Waals surface area contributed by atoms with E-state index in [-0.39, 0.29) is 6.61 Å². The molecule has 2 aromatic heterocycles. The lowest BCUT2D eigenvalue weighted by atomic mass is 9.96. The summed E-state index contributed by atoms with van der Waals surface area (Å²) in [7, 11) is 0. The molecule has 7 rings (SSSR count). The second kappa shape index (κ2) is 15.9. The molecule has 264 valence electrons. The lowest BCUT2D eigenvalue weighted by Gasteiger charge is -2.33. The fourth-order valence-corrected chi connectivity index (χ4v) is 7.59. The number of pyridine rings is 1. The van der Waals surface area contributed by atoms with Crippen LogP contribution in [0.4, 0.5) is 0 Å². The summed E-state index contributed by atoms with van der Waals surface area (Å²) in [5.74, 6) is 2.51. The second-order valence-corrected chi connectivity index (χ2v) is 14.6. The SMILES string of the molecule is Cc1c(COc2cc(OCc3cncc(C#N)c3)c(CN3CCCCC3)cc2Cl)cccc1-c1ccc2oc(C3CCN(C(C)C)CC3)nc2c1. The van der Waals surface area contributed by atoms with Crippen molar-refractivity contribution in [1.29, 1.82) is 5.26 Å². The van der Waals surface area contributed by atoms with E-state index in [1.54, 1.807) is 18.5 Å². The molecule has 51 heavy (non-hydrogen) atoms. The Hall–Kier alpha value is -4.42. The summed E-state index contributed by atoms with van der Waals surface area (Å²) in [4.78, 5) is 14.1. The summed E-state index contributed by atoms with van der Waals surface area (Å²) in [6, 6.07) is 21.0. The molecule has 0 spiro atoms. The van der Waals surface area contributed by atoms with Crippen molar-refractivity contribution in [1.82, 2.24) is 19.8 Å². The smallest absolute Gasteiger partial charge is 0.198 e. The quantitative estimate of drug-likeness (QED) is 0.134. The molecule has 0 saturated carbocycles. The zero-order valence-corrected chi connectivity index (χ0v) is 30.6. The maximum absolute atomic E-state index is 9.33. The Kier molecular flexibility index (Phi) is 10.9. The van der Waals surface area contributed by atoms with E-state index < -0.39 is 0 Å². The van der Waals surface area contributed by atoms with Gasteiger partial charge in [0.2, 0.25) is 0 Å². The van der Waals surface area contributed by atoms with Gasteiger partial charge in [0.15, 0.2) is 11.5 Å². The van der Waals surface area contributed by atoms with Gasteiger partial charge in [-0.15, -0.1) is 0 Å². The monoisotopic (exact) mass is 703 g/mol. The molecule has 4 heterocycles. The minimum atomic E-state index is 0.284. The van der Waals surface area contributed by atoms with E-state index in [1.807, 2.05) is 18.2 Å². The summed E-state index contributed by atoms with van der Waals surface area (Å²) in [6.07, 6.45) is 9.09. The molecule has 9 heteroatoms. The van der Waals surface area contributed by atoms with E-state index in [0.717, 1.165) is 102 Å². The van der Waals surface area contributed by atoms with Gasteiger partial charge in [-0.25, -0.2) is 4.98 Å². The van der Waals surface area contributed by atoms with Gasteiger partial charge in [0.05, 0.1) is 10.6 Å². The molecule has 0 atom stereocenters. The highest BCUT2D eigenvalue weighted by atomic mass is 35.5. The van der Waals surface area contributed by atoms with Gasteiger partial charge in [-0.3, -0.25) is 9.88 Å². The van der Waals surface area contributed by atoms with E-state index >= 15 is 0 Å². The highest BCUT2D eigenvalue weighted by Gasteiger charge is 2.26. The number of aromatic nitrogens is 2. The van der Waals surface area contributed by atoms with Crippen molar-refractivity contribution < 1.29 is 13.9 Å². The number of hydrogen-bond acceptors (Lipinski definition) is 8. The highest BCUT2D eigenvalue weighted by molar-refractivity contribution is 6.32. The van der Waals surface area contributed by atoms with Crippen LogP contribution in [0.15, 0.2) is 71.4 Å². The zero-order valence-electron chi connectivity index (χ0n) is 29.8. The molecule has 2 aliphatic rings. The summed E-state index contributed by atoms with van der Waals surface area (Å²) < 4.78 is 19.1. The molecule has 5 aromatic rings. The largest absolute Gasteiger partial charge is 0.488 e. The normalized spacial score (nSPS) is 16.1. The van der Waals surface area contributed by atoms with Crippen LogP contribution in [-0.4, -0.2) is 52.0 Å². The molecule has 0 N–H and O–H groups in total. The Morgan fingerprint density at radius 2 is 1.73 bits per heavy atom. The van der Waals surface area contributed by atoms with Crippen molar-refractivity contribution in [3.8, 4) is 28.7 Å². The number of piperidine rings is 2. The van der Waals surface area contributed by atoms with Crippen LogP contribution < -0.4 is 9.47 Å². The minimum absolute atomic E-state index is 0.284. The standard InChI is InChI=1S/C42H46ClN5O3/c1-28(2)48-16-12-32(13-17-48)42-46-38-20-33(10-11-39(38)51-42)36-9-7-8-34(29(36)3)27-50-41-21-40(49-26-31-18-30(22-44)23-45-24-31)35(19-37(41)43)25-47-14-5-4-6-15-47/h7-11,18-21,23-24,28,32H,4-6,12-17,25-27H2,1-3H3. The Morgan fingerprint density at radius 3 is 2.51 bits per heavy atom. The molecular weight excluding hydrogens is 658 g/mol. The van der Waals surface area contributed by atoms with Crippen molar-refractivity contribution in [2.75, 3.05) is 26.2 Å². The molecule has 0 amide bonds. The van der Waals surface area contributed by atoms with Crippen molar-refractivity contribution in [3.05, 3.63) is 106 Å². The molecule has 2 fully saturated rings. The predicted molar refractivity (Wildman–Crippen MR) is 201 cm³/mol. The summed E-state index contributed by atoms with van der Waals surface area (Å²) >= 11 is 6.88. The van der Waals surface area contributed by atoms with Gasteiger partial charge >= 0.3 is 0 Å². The Labute approximate surface area is 306 Å². The second-order valence-electron chi connectivity index (χ2n) is 14.2. The molecule has 0 bridgehead atoms. The van der Waals surface area contributed by atoms with Crippen LogP contribution in [-0.2, 0) is 19.8 Å². The third kappa shape index (κ3) is 8.23. The molecule has 2 saturated heterocycles. The van der Waals surface area contributed by atoms with Crippen LogP contribution in [0.5, 0.6) is 11.5 Å². The van der Waals surface area contributed by atoms with Crippen molar-refractivity contribution in [2.24, 2.45) is 0 Å². The first-order valence-corrected chi connectivity index (χ1v) is 18.6. The summed E-state index contributed by atoms with van der Waals surface area (Å²) in [5, 5.41) is 9.88. The Morgan fingerprint density at radius 1 is 0.922 bits per heavy atom. The number of hydrogen-bond donors (Lipinski definition) is 0. The predicted octanol–water partition coefficient (Wildman–Crippen LogP) is 9.46. The van der Waals surface area contributed by atoms with Gasteiger partial charge in [-0.1, -0.05) is 42.3 Å². The number of rotatable bonds is 11. The third-order valence-electron chi connectivity index (χ3n) is 10.4. The number of oxazole rings is 1. The average Bonchev–Trinajstić information content (AvgIpc) is 3.59. The Balaban J connectivity index is 1.08. The summed E-state index contributed by atoms with van der Waals surface area (Å²) in [5.41, 5.74) is 8.53. The topological polar surface area (TPSA) is 87.7 Å². The fourth-order valence-electron chi connectivity index (χ4n) is 7.35. The van der Waals surface area contributed by atoms with E-state index in [9.17, 15) is 5.26 Å². The van der Waals surface area contributed by atoms with Crippen LogP contribution in [0.25, 0.3) is 22.2 Å². The number of halogens is 1. The number of nitriles is 1. The highest BCUT2D eigenvalue weighted by Crippen LogP contribution is 2.37. The third-order valence-corrected chi connectivity index (χ3v) is 10.7. The minimum Gasteiger partial charge on any atom is -0.488 e. The van der Waals surface area contributed by atoms with E-state index in [2.05, 4.69) is 72.0 Å². The molecule has 8 nitrogen and oxygen atoms in total. The van der Waals surface area contributed by atoms with Crippen LogP contribution >= 0.6 is 11.6 Å². The van der Waals surface area contributed by atoms with Gasteiger partial charge in [0.1, 0.15) is 36.3 Å². The first-order chi connectivity index (χ1) is 24.8. The lowest BCUT2D eigenvalue weighted by Crippen LogP contribution is -2.37. The van der Waals surface area contributed by atoms with Crippen LogP contribution in [0.1, 0.15) is 85.6 Å². The fraction of sp³-hybridized carbons (Fsp3) is 0.405. The molecule has 0 aliphatic carbocycles. The maximum Gasteiger partial charge on any atom is 0.198 e. The number of nitrogens with zero attached hydrogens (tertiary/aromatic N) is 5. The molecule has 2 aliphatic heterocycles. The summed E-state index contributed by atoms with van der Waals surface area (Å²) in [6.45, 7) is 12.3. The number of ether oxygens (including phenoxy) is 2. The Bertz CT molecular complexity index is 2020. The van der Waals surface area contributed by atoms with Crippen LogP contribution in [0, 0.1) is 18.3 Å². The molecular formula is C42H46ClN5O3. The molecule has 0 unspecified atom stereocenters. The molecule has 0 radical (unpaired) electrons. The van der Waals surface area contributed by atoms with E-state index in [1.165, 1.54) is 19.3 Å². The van der Waals surface area contributed by atoms with E-state index in [4.69, 9.17) is 30.5 Å². The van der Waals surface area contributed by atoms with Gasteiger partial charge in [0, 0.05) is 48.1 Å².